The van der Waals surface area contributed by atoms with Crippen LogP contribution in [0.5, 0.6) is 11.5 Å². The molecule has 31 heavy (non-hydrogen) atoms. The molecule has 1 saturated heterocycles. The van der Waals surface area contributed by atoms with E-state index in [1.54, 1.807) is 15.9 Å². The van der Waals surface area contributed by atoms with E-state index in [9.17, 15) is 9.59 Å². The van der Waals surface area contributed by atoms with Crippen LogP contribution in [0.4, 0.5) is 0 Å². The van der Waals surface area contributed by atoms with Crippen LogP contribution >= 0.6 is 11.8 Å². The summed E-state index contributed by atoms with van der Waals surface area (Å²) in [6.45, 7) is 8.06. The summed E-state index contributed by atoms with van der Waals surface area (Å²) >= 11 is 1.35. The Labute approximate surface area is 185 Å². The maximum absolute atomic E-state index is 12.8. The van der Waals surface area contributed by atoms with Crippen LogP contribution in [-0.4, -0.2) is 76.2 Å². The molecule has 1 atom stereocenters. The number of benzene rings is 1. The second-order valence-corrected chi connectivity index (χ2v) is 8.60. The molecule has 0 radical (unpaired) electrons. The maximum Gasteiger partial charge on any atom is 0.267 e. The molecule has 1 aromatic carbocycles. The van der Waals surface area contributed by atoms with Crippen LogP contribution in [-0.2, 0) is 9.59 Å². The third kappa shape index (κ3) is 4.76. The number of hydrogen-bond acceptors (Lipinski definition) is 7. The number of fused-ring (bicyclic) bond motifs is 1. The maximum atomic E-state index is 12.8. The van der Waals surface area contributed by atoms with E-state index in [2.05, 4.69) is 9.97 Å². The number of carbonyl (C=O) groups is 2. The second kappa shape index (κ2) is 9.13. The molecular formula is C22H26N4O4S. The Hall–Kier alpha value is -2.81. The molecule has 0 aliphatic carbocycles. The van der Waals surface area contributed by atoms with Crippen LogP contribution in [0.3, 0.4) is 0 Å². The molecule has 2 aliphatic heterocycles. The summed E-state index contributed by atoms with van der Waals surface area (Å²) < 4.78 is 11.5. The molecule has 8 nitrogen and oxygen atoms in total. The highest BCUT2D eigenvalue weighted by molar-refractivity contribution is 7.99. The average Bonchev–Trinajstić information content (AvgIpc) is 2.80. The molecule has 1 fully saturated rings. The van der Waals surface area contributed by atoms with Crippen LogP contribution in [0, 0.1) is 20.8 Å². The summed E-state index contributed by atoms with van der Waals surface area (Å²) in [6, 6.07) is 7.33. The number of thioether (sulfide) groups is 1. The van der Waals surface area contributed by atoms with Gasteiger partial charge in [0.2, 0.25) is 12.0 Å². The van der Waals surface area contributed by atoms with Crippen molar-refractivity contribution in [3.63, 3.8) is 0 Å². The molecule has 0 bridgehead atoms. The zero-order valence-electron chi connectivity index (χ0n) is 18.0. The first kappa shape index (κ1) is 21.4. The van der Waals surface area contributed by atoms with E-state index >= 15 is 0 Å². The summed E-state index contributed by atoms with van der Waals surface area (Å²) in [7, 11) is 0. The molecule has 2 amide bonds. The van der Waals surface area contributed by atoms with Gasteiger partial charge >= 0.3 is 0 Å². The molecule has 3 heterocycles. The Morgan fingerprint density at radius 1 is 1.00 bits per heavy atom. The summed E-state index contributed by atoms with van der Waals surface area (Å²) in [5.74, 6) is 1.45. The van der Waals surface area contributed by atoms with Crippen LogP contribution in [0.15, 0.2) is 29.4 Å². The van der Waals surface area contributed by atoms with Crippen LogP contribution in [0.1, 0.15) is 17.0 Å². The van der Waals surface area contributed by atoms with Crippen molar-refractivity contribution in [3.05, 3.63) is 41.2 Å². The Morgan fingerprint density at radius 3 is 2.29 bits per heavy atom. The molecule has 9 heteroatoms. The Morgan fingerprint density at radius 2 is 1.61 bits per heavy atom. The zero-order chi connectivity index (χ0) is 22.0. The quantitative estimate of drug-likeness (QED) is 0.529. The molecule has 2 aromatic rings. The topological polar surface area (TPSA) is 84.9 Å². The normalized spacial score (nSPS) is 18.1. The molecule has 1 unspecified atom stereocenters. The van der Waals surface area contributed by atoms with E-state index in [1.807, 2.05) is 39.0 Å². The molecule has 2 aliphatic rings. The fourth-order valence-electron chi connectivity index (χ4n) is 3.54. The molecular weight excluding hydrogens is 416 g/mol. The first-order chi connectivity index (χ1) is 14.9. The van der Waals surface area contributed by atoms with Crippen molar-refractivity contribution < 1.29 is 19.1 Å². The number of rotatable bonds is 4. The number of aromatic nitrogens is 2. The Balaban J connectivity index is 1.26. The predicted molar refractivity (Wildman–Crippen MR) is 116 cm³/mol. The van der Waals surface area contributed by atoms with E-state index < -0.39 is 6.10 Å². The fraction of sp³-hybridized carbons (Fsp3) is 0.455. The standard InChI is InChI=1S/C22H26N4O4S/c1-14-15(2)23-22(24-16(14)3)31-13-20(27)25-8-10-26(11-9-25)21(28)19-12-29-17-6-4-5-7-18(17)30-19/h4-7,19H,8-13H2,1-3H3. The monoisotopic (exact) mass is 442 g/mol. The van der Waals surface area contributed by atoms with Crippen molar-refractivity contribution in [1.29, 1.82) is 0 Å². The fourth-order valence-corrected chi connectivity index (χ4v) is 4.38. The highest BCUT2D eigenvalue weighted by atomic mass is 32.2. The van der Waals surface area contributed by atoms with Crippen molar-refractivity contribution >= 4 is 23.6 Å². The number of piperazine rings is 1. The molecule has 0 saturated carbocycles. The predicted octanol–water partition coefficient (Wildman–Crippen LogP) is 2.00. The zero-order valence-corrected chi connectivity index (χ0v) is 18.8. The van der Waals surface area contributed by atoms with Crippen molar-refractivity contribution in [3.8, 4) is 11.5 Å². The number of aryl methyl sites for hydroxylation is 2. The van der Waals surface area contributed by atoms with Gasteiger partial charge in [-0.2, -0.15) is 0 Å². The van der Waals surface area contributed by atoms with Gasteiger partial charge < -0.3 is 19.3 Å². The molecule has 0 N–H and O–H groups in total. The van der Waals surface area contributed by atoms with Crippen molar-refractivity contribution in [1.82, 2.24) is 19.8 Å². The van der Waals surface area contributed by atoms with Crippen molar-refractivity contribution in [2.45, 2.75) is 32.0 Å². The van der Waals surface area contributed by atoms with Gasteiger partial charge in [0.1, 0.15) is 6.61 Å². The average molecular weight is 443 g/mol. The number of nitrogens with zero attached hydrogens (tertiary/aromatic N) is 4. The highest BCUT2D eigenvalue weighted by Gasteiger charge is 2.33. The largest absolute Gasteiger partial charge is 0.485 e. The third-order valence-corrected chi connectivity index (χ3v) is 6.50. The van der Waals surface area contributed by atoms with Gasteiger partial charge in [0, 0.05) is 37.6 Å². The summed E-state index contributed by atoms with van der Waals surface area (Å²) in [6.07, 6.45) is -0.655. The van der Waals surface area contributed by atoms with Gasteiger partial charge in [-0.05, 0) is 38.5 Å². The van der Waals surface area contributed by atoms with E-state index in [0.29, 0.717) is 42.8 Å². The number of ether oxygens (including phenoxy) is 2. The lowest BCUT2D eigenvalue weighted by Crippen LogP contribution is -2.55. The van der Waals surface area contributed by atoms with Gasteiger partial charge in [-0.1, -0.05) is 23.9 Å². The number of hydrogen-bond donors (Lipinski definition) is 0. The first-order valence-corrected chi connectivity index (χ1v) is 11.3. The van der Waals surface area contributed by atoms with Crippen LogP contribution < -0.4 is 9.47 Å². The lowest BCUT2D eigenvalue weighted by atomic mass is 10.2. The summed E-state index contributed by atoms with van der Waals surface area (Å²) in [5, 5.41) is 0.623. The SMILES string of the molecule is Cc1nc(SCC(=O)N2CCN(C(=O)C3COc4ccccc4O3)CC2)nc(C)c1C. The van der Waals surface area contributed by atoms with Crippen molar-refractivity contribution in [2.75, 3.05) is 38.5 Å². The highest BCUT2D eigenvalue weighted by Crippen LogP contribution is 2.31. The summed E-state index contributed by atoms with van der Waals surface area (Å²) in [5.41, 5.74) is 2.95. The van der Waals surface area contributed by atoms with Gasteiger partial charge in [-0.25, -0.2) is 9.97 Å². The first-order valence-electron chi connectivity index (χ1n) is 10.3. The minimum Gasteiger partial charge on any atom is -0.485 e. The minimum absolute atomic E-state index is 0.0303. The molecule has 0 spiro atoms. The molecule has 1 aromatic heterocycles. The number of carbonyl (C=O) groups excluding carboxylic acids is 2. The minimum atomic E-state index is -0.655. The van der Waals surface area contributed by atoms with Crippen LogP contribution in [0.2, 0.25) is 0 Å². The van der Waals surface area contributed by atoms with Gasteiger partial charge in [0.15, 0.2) is 16.7 Å². The third-order valence-electron chi connectivity index (χ3n) is 5.66. The van der Waals surface area contributed by atoms with E-state index in [1.165, 1.54) is 11.8 Å². The Bertz CT molecular complexity index is 968. The van der Waals surface area contributed by atoms with Gasteiger partial charge in [-0.3, -0.25) is 9.59 Å². The van der Waals surface area contributed by atoms with Gasteiger partial charge in [0.25, 0.3) is 5.91 Å². The lowest BCUT2D eigenvalue weighted by Gasteiger charge is -2.37. The summed E-state index contributed by atoms with van der Waals surface area (Å²) in [4.78, 5) is 37.9. The molecule has 164 valence electrons. The van der Waals surface area contributed by atoms with Gasteiger partial charge in [-0.15, -0.1) is 0 Å². The smallest absolute Gasteiger partial charge is 0.267 e. The van der Waals surface area contributed by atoms with Gasteiger partial charge in [0.05, 0.1) is 5.75 Å². The lowest BCUT2D eigenvalue weighted by molar-refractivity contribution is -0.145. The van der Waals surface area contributed by atoms with Crippen molar-refractivity contribution in [2.24, 2.45) is 0 Å². The number of para-hydroxylation sites is 2. The van der Waals surface area contributed by atoms with E-state index in [-0.39, 0.29) is 24.2 Å². The van der Waals surface area contributed by atoms with E-state index in [4.69, 9.17) is 9.47 Å². The van der Waals surface area contributed by atoms with E-state index in [0.717, 1.165) is 17.0 Å². The number of amides is 2. The molecule has 4 rings (SSSR count). The second-order valence-electron chi connectivity index (χ2n) is 7.66. The Kier molecular flexibility index (Phi) is 6.31. The van der Waals surface area contributed by atoms with Crippen LogP contribution in [0.25, 0.3) is 0 Å².